The van der Waals surface area contributed by atoms with Crippen molar-refractivity contribution in [3.63, 3.8) is 0 Å². The molecular formula is C26H33Cl3N6. The number of aryl methyl sites for hydroxylation is 1. The normalized spacial score (nSPS) is 17.4. The zero-order valence-corrected chi connectivity index (χ0v) is 22.1. The second-order valence-electron chi connectivity index (χ2n) is 8.90. The van der Waals surface area contributed by atoms with Gasteiger partial charge in [-0.3, -0.25) is 5.41 Å². The van der Waals surface area contributed by atoms with Crippen molar-refractivity contribution in [3.05, 3.63) is 64.4 Å². The van der Waals surface area contributed by atoms with Gasteiger partial charge >= 0.3 is 0 Å². The summed E-state index contributed by atoms with van der Waals surface area (Å²) in [6.07, 6.45) is 8.61. The monoisotopic (exact) mass is 534 g/mol. The van der Waals surface area contributed by atoms with Crippen molar-refractivity contribution in [2.75, 3.05) is 18.4 Å². The van der Waals surface area contributed by atoms with Crippen LogP contribution in [0.3, 0.4) is 0 Å². The van der Waals surface area contributed by atoms with Crippen molar-refractivity contribution in [2.24, 2.45) is 17.6 Å². The molecule has 4 rings (SSSR count). The van der Waals surface area contributed by atoms with Gasteiger partial charge < -0.3 is 16.4 Å². The van der Waals surface area contributed by atoms with E-state index < -0.39 is 0 Å². The molecule has 0 bridgehead atoms. The highest BCUT2D eigenvalue weighted by Crippen LogP contribution is 2.29. The quantitative estimate of drug-likeness (QED) is 0.210. The summed E-state index contributed by atoms with van der Waals surface area (Å²) >= 11 is 5.99. The molecule has 0 unspecified atom stereocenters. The smallest absolute Gasteiger partial charge is 0.185 e. The van der Waals surface area contributed by atoms with Crippen LogP contribution in [0.1, 0.15) is 42.6 Å². The molecule has 1 aliphatic carbocycles. The standard InChI is InChI=1S/C26H31ClN6.2ClH/c1-17-2-12-23-22(14-17)25(30-15-19-3-5-20(6-4-19)16-31-26(28)29)33-24(32-23)13-9-18-7-10-21(27)11-8-18;;/h2,7-14,19-20H,3-6,15-16H2,1H3,(H4,28,29,31)(H,30,32,33);2*1H. The van der Waals surface area contributed by atoms with Crippen LogP contribution in [0.25, 0.3) is 23.1 Å². The zero-order valence-electron chi connectivity index (χ0n) is 19.8. The predicted molar refractivity (Wildman–Crippen MR) is 153 cm³/mol. The van der Waals surface area contributed by atoms with E-state index in [9.17, 15) is 0 Å². The van der Waals surface area contributed by atoms with Crippen molar-refractivity contribution in [2.45, 2.75) is 32.6 Å². The summed E-state index contributed by atoms with van der Waals surface area (Å²) < 4.78 is 0. The van der Waals surface area contributed by atoms with Crippen LogP contribution in [0.4, 0.5) is 5.82 Å². The average molecular weight is 536 g/mol. The Morgan fingerprint density at radius 3 is 2.31 bits per heavy atom. The molecule has 0 saturated heterocycles. The van der Waals surface area contributed by atoms with E-state index in [0.29, 0.717) is 17.7 Å². The lowest BCUT2D eigenvalue weighted by molar-refractivity contribution is 0.283. The first-order valence-electron chi connectivity index (χ1n) is 11.5. The highest BCUT2D eigenvalue weighted by molar-refractivity contribution is 6.30. The molecule has 2 aromatic carbocycles. The Morgan fingerprint density at radius 1 is 1.00 bits per heavy atom. The summed E-state index contributed by atoms with van der Waals surface area (Å²) in [5.74, 6) is 2.84. The van der Waals surface area contributed by atoms with E-state index in [2.05, 4.69) is 35.8 Å². The van der Waals surface area contributed by atoms with Gasteiger partial charge in [0.25, 0.3) is 0 Å². The minimum atomic E-state index is 0. The molecule has 0 atom stereocenters. The molecule has 0 aliphatic heterocycles. The summed E-state index contributed by atoms with van der Waals surface area (Å²) in [5.41, 5.74) is 8.60. The first kappa shape index (κ1) is 28.7. The number of hydrogen-bond donors (Lipinski definition) is 4. The number of halogens is 3. The van der Waals surface area contributed by atoms with Gasteiger partial charge in [0.05, 0.1) is 5.52 Å². The van der Waals surface area contributed by atoms with Crippen LogP contribution in [-0.4, -0.2) is 29.0 Å². The second kappa shape index (κ2) is 13.5. The van der Waals surface area contributed by atoms with Gasteiger partial charge in [0.2, 0.25) is 0 Å². The third-order valence-electron chi connectivity index (χ3n) is 6.27. The van der Waals surface area contributed by atoms with Gasteiger partial charge in [0, 0.05) is 23.5 Å². The van der Waals surface area contributed by atoms with Gasteiger partial charge in [-0.2, -0.15) is 0 Å². The lowest BCUT2D eigenvalue weighted by Crippen LogP contribution is -2.36. The summed E-state index contributed by atoms with van der Waals surface area (Å²) in [6, 6.07) is 14.0. The molecular weight excluding hydrogens is 503 g/mol. The van der Waals surface area contributed by atoms with Gasteiger partial charge in [-0.25, -0.2) is 9.97 Å². The van der Waals surface area contributed by atoms with Gasteiger partial charge in [0.15, 0.2) is 11.8 Å². The number of benzene rings is 2. The van der Waals surface area contributed by atoms with Crippen LogP contribution in [0.2, 0.25) is 5.02 Å². The molecule has 0 amide bonds. The van der Waals surface area contributed by atoms with Crippen LogP contribution in [0.15, 0.2) is 42.5 Å². The van der Waals surface area contributed by atoms with Crippen LogP contribution < -0.4 is 16.4 Å². The number of guanidine groups is 1. The Hall–Kier alpha value is -2.54. The molecule has 0 spiro atoms. The predicted octanol–water partition coefficient (Wildman–Crippen LogP) is 6.31. The first-order valence-corrected chi connectivity index (χ1v) is 11.9. The van der Waals surface area contributed by atoms with E-state index in [1.165, 1.54) is 18.4 Å². The SMILES string of the molecule is Cc1ccc2nc(C=Cc3ccc(Cl)cc3)nc(NCC3CCC(CNC(=N)N)CC3)c2c1.Cl.Cl. The fourth-order valence-corrected chi connectivity index (χ4v) is 4.48. The first-order chi connectivity index (χ1) is 16.0. The second-order valence-corrected chi connectivity index (χ2v) is 9.33. The Bertz CT molecular complexity index is 1140. The van der Waals surface area contributed by atoms with Gasteiger partial charge in [-0.05, 0) is 80.3 Å². The summed E-state index contributed by atoms with van der Waals surface area (Å²) in [7, 11) is 0. The van der Waals surface area contributed by atoms with E-state index in [1.807, 2.05) is 36.4 Å². The number of aromatic nitrogens is 2. The number of hydrogen-bond acceptors (Lipinski definition) is 4. The molecule has 5 N–H and O–H groups in total. The zero-order chi connectivity index (χ0) is 23.2. The van der Waals surface area contributed by atoms with Crippen molar-refractivity contribution in [1.29, 1.82) is 5.41 Å². The maximum Gasteiger partial charge on any atom is 0.185 e. The maximum atomic E-state index is 7.33. The number of rotatable bonds is 7. The topological polar surface area (TPSA) is 99.7 Å². The molecule has 6 nitrogen and oxygen atoms in total. The molecule has 1 saturated carbocycles. The van der Waals surface area contributed by atoms with Crippen molar-refractivity contribution in [3.8, 4) is 0 Å². The van der Waals surface area contributed by atoms with Gasteiger partial charge in [-0.1, -0.05) is 41.4 Å². The van der Waals surface area contributed by atoms with Crippen molar-refractivity contribution < 1.29 is 0 Å². The minimum Gasteiger partial charge on any atom is -0.370 e. The van der Waals surface area contributed by atoms with E-state index >= 15 is 0 Å². The molecule has 188 valence electrons. The molecule has 3 aromatic rings. The van der Waals surface area contributed by atoms with Crippen LogP contribution in [0.5, 0.6) is 0 Å². The number of fused-ring (bicyclic) bond motifs is 1. The third-order valence-corrected chi connectivity index (χ3v) is 6.52. The van der Waals surface area contributed by atoms with Crippen LogP contribution in [-0.2, 0) is 0 Å². The summed E-state index contributed by atoms with van der Waals surface area (Å²) in [6.45, 7) is 3.79. The molecule has 1 heterocycles. The third kappa shape index (κ3) is 8.27. The Labute approximate surface area is 224 Å². The van der Waals surface area contributed by atoms with E-state index in [0.717, 1.165) is 53.2 Å². The van der Waals surface area contributed by atoms with Crippen molar-refractivity contribution in [1.82, 2.24) is 15.3 Å². The number of nitrogens with zero attached hydrogens (tertiary/aromatic N) is 2. The highest BCUT2D eigenvalue weighted by atomic mass is 35.5. The van der Waals surface area contributed by atoms with Crippen LogP contribution >= 0.6 is 36.4 Å². The molecule has 35 heavy (non-hydrogen) atoms. The Morgan fingerprint density at radius 2 is 1.66 bits per heavy atom. The molecule has 1 fully saturated rings. The lowest BCUT2D eigenvalue weighted by Gasteiger charge is -2.29. The van der Waals surface area contributed by atoms with Crippen LogP contribution in [0, 0.1) is 24.2 Å². The number of nitrogens with one attached hydrogen (secondary N) is 3. The Kier molecular flexibility index (Phi) is 11.1. The number of anilines is 1. The maximum absolute atomic E-state index is 7.33. The molecule has 9 heteroatoms. The summed E-state index contributed by atoms with van der Waals surface area (Å²) in [5, 5.41) is 15.7. The summed E-state index contributed by atoms with van der Waals surface area (Å²) in [4.78, 5) is 9.59. The lowest BCUT2D eigenvalue weighted by atomic mass is 9.82. The number of nitrogens with two attached hydrogens (primary N) is 1. The fraction of sp³-hybridized carbons (Fsp3) is 0.346. The highest BCUT2D eigenvalue weighted by Gasteiger charge is 2.21. The van der Waals surface area contributed by atoms with Gasteiger partial charge in [-0.15, -0.1) is 24.8 Å². The fourth-order valence-electron chi connectivity index (χ4n) is 4.35. The molecule has 0 radical (unpaired) electrons. The molecule has 1 aromatic heterocycles. The largest absolute Gasteiger partial charge is 0.370 e. The van der Waals surface area contributed by atoms with Crippen molar-refractivity contribution >= 4 is 71.2 Å². The molecule has 1 aliphatic rings. The average Bonchev–Trinajstić information content (AvgIpc) is 2.81. The minimum absolute atomic E-state index is 0. The van der Waals surface area contributed by atoms with E-state index in [1.54, 1.807) is 0 Å². The van der Waals surface area contributed by atoms with E-state index in [4.69, 9.17) is 32.7 Å². The van der Waals surface area contributed by atoms with E-state index in [-0.39, 0.29) is 30.8 Å². The Balaban J connectivity index is 0.00000216. The van der Waals surface area contributed by atoms with Gasteiger partial charge in [0.1, 0.15) is 5.82 Å².